The Bertz CT molecular complexity index is 89.8. The van der Waals surface area contributed by atoms with E-state index in [1.54, 1.807) is 7.11 Å². The molecule has 0 saturated carbocycles. The quantitative estimate of drug-likeness (QED) is 0.509. The average molecular weight is 196 g/mol. The summed E-state index contributed by atoms with van der Waals surface area (Å²) in [5.41, 5.74) is 0. The van der Waals surface area contributed by atoms with Gasteiger partial charge in [-0.05, 0) is 13.8 Å². The summed E-state index contributed by atoms with van der Waals surface area (Å²) in [6, 6.07) is 0. The highest BCUT2D eigenvalue weighted by Gasteiger charge is 2.37. The highest BCUT2D eigenvalue weighted by Crippen LogP contribution is 2.09. The van der Waals surface area contributed by atoms with Crippen molar-refractivity contribution in [2.75, 3.05) is 25.7 Å². The topological polar surface area (TPSA) is 27.7 Å². The van der Waals surface area contributed by atoms with Crippen molar-refractivity contribution in [1.29, 1.82) is 0 Å². The van der Waals surface area contributed by atoms with Gasteiger partial charge in [-0.25, -0.2) is 0 Å². The van der Waals surface area contributed by atoms with Crippen molar-refractivity contribution < 1.29 is 13.3 Å². The van der Waals surface area contributed by atoms with E-state index in [1.165, 1.54) is 0 Å². The first kappa shape index (κ1) is 11.4. The van der Waals surface area contributed by atoms with Crippen molar-refractivity contribution in [2.24, 2.45) is 0 Å². The zero-order chi connectivity index (χ0) is 8.74. The Morgan fingerprint density at radius 1 is 1.18 bits per heavy atom. The second-order valence-corrected chi connectivity index (χ2v) is 5.53. The minimum absolute atomic E-state index is 0.533. The first-order valence-electron chi connectivity index (χ1n) is 3.68. The van der Waals surface area contributed by atoms with Gasteiger partial charge in [0.1, 0.15) is 0 Å². The van der Waals surface area contributed by atoms with Gasteiger partial charge in [-0.2, -0.15) is 12.6 Å². The van der Waals surface area contributed by atoms with Crippen LogP contribution in [-0.4, -0.2) is 34.5 Å². The van der Waals surface area contributed by atoms with E-state index in [1.807, 2.05) is 13.8 Å². The second kappa shape index (κ2) is 6.02. The predicted octanol–water partition coefficient (Wildman–Crippen LogP) is 1.11. The Morgan fingerprint density at radius 2 is 1.64 bits per heavy atom. The molecule has 0 aliphatic rings. The molecule has 0 atom stereocenters. The summed E-state index contributed by atoms with van der Waals surface area (Å²) in [5, 5.41) is 0.533. The summed E-state index contributed by atoms with van der Waals surface area (Å²) in [6.45, 7) is 5.06. The molecule has 0 spiro atoms. The molecule has 0 aliphatic heterocycles. The normalized spacial score (nSPS) is 12.0. The molecular weight excluding hydrogens is 180 g/mol. The third kappa shape index (κ3) is 3.57. The van der Waals surface area contributed by atoms with Gasteiger partial charge in [-0.1, -0.05) is 0 Å². The molecule has 0 radical (unpaired) electrons. The SMILES string of the molecule is CCO[Si](CS)(OC)OCC. The van der Waals surface area contributed by atoms with E-state index in [0.29, 0.717) is 18.6 Å². The Balaban J connectivity index is 3.96. The first-order chi connectivity index (χ1) is 5.24. The van der Waals surface area contributed by atoms with Gasteiger partial charge in [0.25, 0.3) is 0 Å². The Labute approximate surface area is 74.8 Å². The number of hydrogen-bond donors (Lipinski definition) is 1. The fraction of sp³-hybridized carbons (Fsp3) is 1.00. The largest absolute Gasteiger partial charge is 0.510 e. The molecule has 0 fully saturated rings. The van der Waals surface area contributed by atoms with Gasteiger partial charge in [0.2, 0.25) is 0 Å². The van der Waals surface area contributed by atoms with Gasteiger partial charge in [-0.15, -0.1) is 0 Å². The highest BCUT2D eigenvalue weighted by atomic mass is 32.1. The van der Waals surface area contributed by atoms with E-state index in [9.17, 15) is 0 Å². The number of hydrogen-bond acceptors (Lipinski definition) is 4. The molecule has 0 N–H and O–H groups in total. The monoisotopic (exact) mass is 196 g/mol. The van der Waals surface area contributed by atoms with E-state index in [0.717, 1.165) is 0 Å². The lowest BCUT2D eigenvalue weighted by Crippen LogP contribution is -2.47. The molecule has 0 rings (SSSR count). The maximum Gasteiger partial charge on any atom is 0.510 e. The van der Waals surface area contributed by atoms with Crippen molar-refractivity contribution >= 4 is 21.4 Å². The lowest BCUT2D eigenvalue weighted by atomic mass is 10.9. The van der Waals surface area contributed by atoms with Crippen LogP contribution < -0.4 is 0 Å². The highest BCUT2D eigenvalue weighted by molar-refractivity contribution is 7.82. The number of thiol groups is 1. The summed E-state index contributed by atoms with van der Waals surface area (Å²) < 4.78 is 16.0. The van der Waals surface area contributed by atoms with Crippen LogP contribution in [0.3, 0.4) is 0 Å². The molecule has 5 heteroatoms. The van der Waals surface area contributed by atoms with Gasteiger partial charge < -0.3 is 13.3 Å². The summed E-state index contributed by atoms with van der Waals surface area (Å²) >= 11 is 4.14. The van der Waals surface area contributed by atoms with Crippen LogP contribution in [-0.2, 0) is 13.3 Å². The van der Waals surface area contributed by atoms with Gasteiger partial charge in [-0.3, -0.25) is 0 Å². The van der Waals surface area contributed by atoms with Crippen LogP contribution in [0.2, 0.25) is 0 Å². The minimum atomic E-state index is -2.38. The average Bonchev–Trinajstić information content (AvgIpc) is 2.04. The molecule has 0 heterocycles. The van der Waals surface area contributed by atoms with Crippen LogP contribution in [0.25, 0.3) is 0 Å². The lowest BCUT2D eigenvalue weighted by molar-refractivity contribution is 0.0930. The van der Waals surface area contributed by atoms with E-state index in [-0.39, 0.29) is 0 Å². The van der Waals surface area contributed by atoms with Crippen LogP contribution in [0.15, 0.2) is 0 Å². The predicted molar refractivity (Wildman–Crippen MR) is 49.9 cm³/mol. The summed E-state index contributed by atoms with van der Waals surface area (Å²) in [6.07, 6.45) is 0. The Morgan fingerprint density at radius 3 is 1.82 bits per heavy atom. The minimum Gasteiger partial charge on any atom is -0.376 e. The molecule has 0 bridgehead atoms. The zero-order valence-corrected chi connectivity index (χ0v) is 9.19. The molecule has 11 heavy (non-hydrogen) atoms. The smallest absolute Gasteiger partial charge is 0.376 e. The molecule has 0 aromatic rings. The van der Waals surface area contributed by atoms with Crippen LogP contribution in [0, 0.1) is 0 Å². The van der Waals surface area contributed by atoms with Crippen molar-refractivity contribution in [2.45, 2.75) is 13.8 Å². The van der Waals surface area contributed by atoms with Crippen LogP contribution in [0.4, 0.5) is 0 Å². The van der Waals surface area contributed by atoms with E-state index in [4.69, 9.17) is 13.3 Å². The molecule has 0 saturated heterocycles. The molecule has 68 valence electrons. The maximum atomic E-state index is 5.39. The summed E-state index contributed by atoms with van der Waals surface area (Å²) in [5.74, 6) is 0. The second-order valence-electron chi connectivity index (χ2n) is 1.91. The summed E-state index contributed by atoms with van der Waals surface area (Å²) in [4.78, 5) is 0. The van der Waals surface area contributed by atoms with E-state index < -0.39 is 8.80 Å². The third-order valence-corrected chi connectivity index (χ3v) is 4.86. The van der Waals surface area contributed by atoms with Crippen LogP contribution >= 0.6 is 12.6 Å². The summed E-state index contributed by atoms with van der Waals surface area (Å²) in [7, 11) is -0.774. The maximum absolute atomic E-state index is 5.39. The fourth-order valence-electron chi connectivity index (χ4n) is 0.755. The molecule has 0 aromatic carbocycles. The molecule has 0 amide bonds. The first-order valence-corrected chi connectivity index (χ1v) is 6.25. The Hall–Kier alpha value is 0.447. The van der Waals surface area contributed by atoms with Gasteiger partial charge in [0.15, 0.2) is 0 Å². The van der Waals surface area contributed by atoms with Gasteiger partial charge >= 0.3 is 8.80 Å². The molecule has 0 unspecified atom stereocenters. The van der Waals surface area contributed by atoms with Crippen molar-refractivity contribution in [1.82, 2.24) is 0 Å². The van der Waals surface area contributed by atoms with Crippen molar-refractivity contribution in [3.8, 4) is 0 Å². The van der Waals surface area contributed by atoms with Gasteiger partial charge in [0, 0.05) is 20.3 Å². The fourth-order valence-corrected chi connectivity index (χ4v) is 3.20. The molecule has 0 aliphatic carbocycles. The zero-order valence-electron chi connectivity index (χ0n) is 7.29. The van der Waals surface area contributed by atoms with Crippen molar-refractivity contribution in [3.63, 3.8) is 0 Å². The standard InChI is InChI=1S/C6H16O3SSi/c1-4-8-11(6-10,7-3)9-5-2/h10H,4-6H2,1-3H3. The lowest BCUT2D eigenvalue weighted by Gasteiger charge is -2.24. The molecule has 3 nitrogen and oxygen atoms in total. The van der Waals surface area contributed by atoms with Crippen LogP contribution in [0.5, 0.6) is 0 Å². The molecular formula is C6H16O3SSi. The third-order valence-electron chi connectivity index (χ3n) is 1.23. The molecule has 0 aromatic heterocycles. The van der Waals surface area contributed by atoms with Crippen LogP contribution in [0.1, 0.15) is 13.8 Å². The van der Waals surface area contributed by atoms with E-state index in [2.05, 4.69) is 12.6 Å². The number of rotatable bonds is 6. The van der Waals surface area contributed by atoms with E-state index >= 15 is 0 Å². The van der Waals surface area contributed by atoms with Crippen molar-refractivity contribution in [3.05, 3.63) is 0 Å². The van der Waals surface area contributed by atoms with Gasteiger partial charge in [0.05, 0.1) is 5.38 Å². The Kier molecular flexibility index (Phi) is 6.26.